The molecular formula is C13H10BrFN2S. The lowest BCUT2D eigenvalue weighted by atomic mass is 10.2. The van der Waals surface area contributed by atoms with Crippen LogP contribution in [0.15, 0.2) is 46.9 Å². The minimum atomic E-state index is -0.431. The van der Waals surface area contributed by atoms with Crippen LogP contribution in [0.5, 0.6) is 0 Å². The van der Waals surface area contributed by atoms with Gasteiger partial charge < -0.3 is 11.1 Å². The highest BCUT2D eigenvalue weighted by atomic mass is 79.9. The molecule has 3 N–H and O–H groups in total. The third-order valence-corrected chi connectivity index (χ3v) is 3.30. The summed E-state index contributed by atoms with van der Waals surface area (Å²) in [5, 5.41) is 3.11. The van der Waals surface area contributed by atoms with Crippen molar-refractivity contribution in [2.75, 3.05) is 5.32 Å². The number of para-hydroxylation sites is 1. The van der Waals surface area contributed by atoms with Gasteiger partial charge in [0.2, 0.25) is 0 Å². The average Bonchev–Trinajstić information content (AvgIpc) is 2.32. The molecule has 0 aliphatic heterocycles. The lowest BCUT2D eigenvalue weighted by Crippen LogP contribution is -2.11. The van der Waals surface area contributed by atoms with E-state index in [9.17, 15) is 4.39 Å². The van der Waals surface area contributed by atoms with Crippen LogP contribution in [-0.4, -0.2) is 4.99 Å². The zero-order valence-corrected chi connectivity index (χ0v) is 11.7. The van der Waals surface area contributed by atoms with E-state index in [0.29, 0.717) is 5.69 Å². The number of hydrogen-bond acceptors (Lipinski definition) is 2. The molecule has 18 heavy (non-hydrogen) atoms. The molecule has 92 valence electrons. The Hall–Kier alpha value is -1.46. The minimum Gasteiger partial charge on any atom is -0.389 e. The van der Waals surface area contributed by atoms with Gasteiger partial charge in [0.1, 0.15) is 10.8 Å². The number of anilines is 2. The van der Waals surface area contributed by atoms with Gasteiger partial charge in [-0.05, 0) is 46.3 Å². The van der Waals surface area contributed by atoms with Crippen molar-refractivity contribution >= 4 is 44.5 Å². The van der Waals surface area contributed by atoms with Gasteiger partial charge in [-0.1, -0.05) is 24.4 Å². The van der Waals surface area contributed by atoms with E-state index in [0.717, 1.165) is 10.2 Å². The molecule has 0 atom stereocenters. The summed E-state index contributed by atoms with van der Waals surface area (Å²) in [5.41, 5.74) is 7.16. The van der Waals surface area contributed by atoms with Crippen LogP contribution in [0, 0.1) is 5.82 Å². The van der Waals surface area contributed by atoms with Gasteiger partial charge in [0, 0.05) is 15.7 Å². The molecule has 0 amide bonds. The van der Waals surface area contributed by atoms with Gasteiger partial charge in [-0.15, -0.1) is 0 Å². The highest BCUT2D eigenvalue weighted by Gasteiger charge is 2.06. The van der Waals surface area contributed by atoms with Crippen molar-refractivity contribution in [3.63, 3.8) is 0 Å². The van der Waals surface area contributed by atoms with Crippen LogP contribution in [-0.2, 0) is 0 Å². The third kappa shape index (κ3) is 2.86. The Balaban J connectivity index is 2.29. The van der Waals surface area contributed by atoms with E-state index in [4.69, 9.17) is 18.0 Å². The number of nitrogens with one attached hydrogen (secondary N) is 1. The highest BCUT2D eigenvalue weighted by Crippen LogP contribution is 2.26. The van der Waals surface area contributed by atoms with E-state index in [2.05, 4.69) is 21.2 Å². The van der Waals surface area contributed by atoms with Gasteiger partial charge in [0.05, 0.1) is 5.69 Å². The maximum atomic E-state index is 13.7. The SMILES string of the molecule is NC(=S)c1ccc(Nc2ccccc2Br)cc1F. The lowest BCUT2D eigenvalue weighted by Gasteiger charge is -2.09. The van der Waals surface area contributed by atoms with Crippen LogP contribution in [0.4, 0.5) is 15.8 Å². The molecule has 0 saturated carbocycles. The molecule has 2 rings (SSSR count). The molecule has 2 aromatic rings. The molecule has 2 nitrogen and oxygen atoms in total. The summed E-state index contributed by atoms with van der Waals surface area (Å²) >= 11 is 8.17. The normalized spacial score (nSPS) is 10.1. The van der Waals surface area contributed by atoms with E-state index in [1.54, 1.807) is 12.1 Å². The van der Waals surface area contributed by atoms with Crippen molar-refractivity contribution in [3.8, 4) is 0 Å². The standard InChI is InChI=1S/C13H10BrFN2S/c14-10-3-1-2-4-12(10)17-8-5-6-9(13(16)18)11(15)7-8/h1-7,17H,(H2,16,18). The molecule has 0 aliphatic rings. The number of nitrogens with two attached hydrogens (primary N) is 1. The van der Waals surface area contributed by atoms with Crippen LogP contribution in [0.2, 0.25) is 0 Å². The number of hydrogen-bond donors (Lipinski definition) is 2. The zero-order chi connectivity index (χ0) is 13.1. The van der Waals surface area contributed by atoms with Gasteiger partial charge >= 0.3 is 0 Å². The van der Waals surface area contributed by atoms with E-state index in [1.165, 1.54) is 6.07 Å². The number of benzene rings is 2. The third-order valence-electron chi connectivity index (χ3n) is 2.39. The molecule has 2 aromatic carbocycles. The van der Waals surface area contributed by atoms with Crippen LogP contribution in [0.3, 0.4) is 0 Å². The molecule has 0 saturated heterocycles. The first-order valence-electron chi connectivity index (χ1n) is 5.19. The second-order valence-corrected chi connectivity index (χ2v) is 4.96. The quantitative estimate of drug-likeness (QED) is 0.839. The minimum absolute atomic E-state index is 0.0555. The Labute approximate surface area is 118 Å². The predicted octanol–water partition coefficient (Wildman–Crippen LogP) is 3.97. The molecular weight excluding hydrogens is 315 g/mol. The van der Waals surface area contributed by atoms with Crippen LogP contribution in [0.1, 0.15) is 5.56 Å². The summed E-state index contributed by atoms with van der Waals surface area (Å²) in [7, 11) is 0. The van der Waals surface area contributed by atoms with Crippen LogP contribution >= 0.6 is 28.1 Å². The van der Waals surface area contributed by atoms with Gasteiger partial charge in [-0.25, -0.2) is 4.39 Å². The zero-order valence-electron chi connectivity index (χ0n) is 9.28. The molecule has 0 unspecified atom stereocenters. The Bertz CT molecular complexity index is 601. The second kappa shape index (κ2) is 5.46. The molecule has 0 radical (unpaired) electrons. The largest absolute Gasteiger partial charge is 0.389 e. The van der Waals surface area contributed by atoms with Crippen molar-refractivity contribution in [2.45, 2.75) is 0 Å². The monoisotopic (exact) mass is 324 g/mol. The maximum Gasteiger partial charge on any atom is 0.135 e. The van der Waals surface area contributed by atoms with Crippen molar-refractivity contribution in [1.82, 2.24) is 0 Å². The first-order chi connectivity index (χ1) is 8.58. The molecule has 0 aromatic heterocycles. The molecule has 0 aliphatic carbocycles. The molecule has 0 bridgehead atoms. The van der Waals surface area contributed by atoms with Gasteiger partial charge in [-0.3, -0.25) is 0 Å². The van der Waals surface area contributed by atoms with E-state index >= 15 is 0 Å². The summed E-state index contributed by atoms with van der Waals surface area (Å²) in [6.45, 7) is 0. The Morgan fingerprint density at radius 2 is 1.94 bits per heavy atom. The van der Waals surface area contributed by atoms with Gasteiger partial charge in [0.25, 0.3) is 0 Å². The van der Waals surface area contributed by atoms with E-state index < -0.39 is 5.82 Å². The van der Waals surface area contributed by atoms with E-state index in [-0.39, 0.29) is 10.6 Å². The van der Waals surface area contributed by atoms with Crippen molar-refractivity contribution < 1.29 is 4.39 Å². The average molecular weight is 325 g/mol. The number of rotatable bonds is 3. The summed E-state index contributed by atoms with van der Waals surface area (Å²) in [6.07, 6.45) is 0. The summed E-state index contributed by atoms with van der Waals surface area (Å²) < 4.78 is 14.6. The predicted molar refractivity (Wildman–Crippen MR) is 79.7 cm³/mol. The summed E-state index contributed by atoms with van der Waals surface area (Å²) in [6, 6.07) is 12.3. The summed E-state index contributed by atoms with van der Waals surface area (Å²) in [4.78, 5) is 0.0555. The highest BCUT2D eigenvalue weighted by molar-refractivity contribution is 9.10. The van der Waals surface area contributed by atoms with Crippen LogP contribution in [0.25, 0.3) is 0 Å². The molecule has 0 spiro atoms. The molecule has 5 heteroatoms. The molecule has 0 heterocycles. The Morgan fingerprint density at radius 3 is 2.56 bits per heavy atom. The number of thiocarbonyl (C=S) groups is 1. The topological polar surface area (TPSA) is 38.0 Å². The maximum absolute atomic E-state index is 13.7. The van der Waals surface area contributed by atoms with Crippen LogP contribution < -0.4 is 11.1 Å². The van der Waals surface area contributed by atoms with Gasteiger partial charge in [-0.2, -0.15) is 0 Å². The van der Waals surface area contributed by atoms with Crippen molar-refractivity contribution in [3.05, 3.63) is 58.3 Å². The fourth-order valence-electron chi connectivity index (χ4n) is 1.51. The fraction of sp³-hybridized carbons (Fsp3) is 0. The molecule has 0 fully saturated rings. The second-order valence-electron chi connectivity index (χ2n) is 3.66. The lowest BCUT2D eigenvalue weighted by molar-refractivity contribution is 0.626. The first-order valence-corrected chi connectivity index (χ1v) is 6.39. The Morgan fingerprint density at radius 1 is 1.22 bits per heavy atom. The first kappa shape index (κ1) is 13.0. The summed E-state index contributed by atoms with van der Waals surface area (Å²) in [5.74, 6) is -0.431. The van der Waals surface area contributed by atoms with Gasteiger partial charge in [0.15, 0.2) is 0 Å². The smallest absolute Gasteiger partial charge is 0.135 e. The fourth-order valence-corrected chi connectivity index (χ4v) is 2.06. The van der Waals surface area contributed by atoms with Crippen molar-refractivity contribution in [2.24, 2.45) is 5.73 Å². The number of halogens is 2. The van der Waals surface area contributed by atoms with Crippen molar-refractivity contribution in [1.29, 1.82) is 0 Å². The Kier molecular flexibility index (Phi) is 3.93. The van der Waals surface area contributed by atoms with E-state index in [1.807, 2.05) is 24.3 Å².